The van der Waals surface area contributed by atoms with Gasteiger partial charge < -0.3 is 15.7 Å². The van der Waals surface area contributed by atoms with Crippen LogP contribution in [0.5, 0.6) is 5.88 Å². The molecule has 0 unspecified atom stereocenters. The van der Waals surface area contributed by atoms with Crippen molar-refractivity contribution in [1.29, 1.82) is 0 Å². The summed E-state index contributed by atoms with van der Waals surface area (Å²) in [7, 11) is -9.10. The fourth-order valence-electron chi connectivity index (χ4n) is 3.98. The van der Waals surface area contributed by atoms with Crippen molar-refractivity contribution in [3.05, 3.63) is 69.2 Å². The Morgan fingerprint density at radius 3 is 2.26 bits per heavy atom. The van der Waals surface area contributed by atoms with Gasteiger partial charge in [0.25, 0.3) is 25.8 Å². The van der Waals surface area contributed by atoms with Crippen LogP contribution in [0, 0.1) is 6.92 Å². The lowest BCUT2D eigenvalue weighted by atomic mass is 10.1. The van der Waals surface area contributed by atoms with Gasteiger partial charge in [0.1, 0.15) is 17.1 Å². The molecule has 6 N–H and O–H groups in total. The number of nitrogens with one attached hydrogen (secondary N) is 2. The van der Waals surface area contributed by atoms with E-state index in [0.29, 0.717) is 12.0 Å². The molecule has 0 bridgehead atoms. The Labute approximate surface area is 274 Å². The van der Waals surface area contributed by atoms with Crippen molar-refractivity contribution in [2.45, 2.75) is 35.9 Å². The van der Waals surface area contributed by atoms with E-state index >= 15 is 0 Å². The summed E-state index contributed by atoms with van der Waals surface area (Å²) in [5.74, 6) is -1.83. The molecule has 2 aromatic carbocycles. The van der Waals surface area contributed by atoms with Gasteiger partial charge in [-0.25, -0.2) is 5.26 Å². The predicted molar refractivity (Wildman–Crippen MR) is 167 cm³/mol. The second-order valence-electron chi connectivity index (χ2n) is 9.16. The van der Waals surface area contributed by atoms with Gasteiger partial charge in [0.15, 0.2) is 0 Å². The number of aromatic nitrogens is 4. The molecule has 2 heterocycles. The largest absolute Gasteiger partial charge is 0.493 e. The minimum atomic E-state index is -4.63. The van der Waals surface area contributed by atoms with Gasteiger partial charge in [0, 0.05) is 23.5 Å². The summed E-state index contributed by atoms with van der Waals surface area (Å²) in [4.78, 5) is 24.7. The fourth-order valence-corrected chi connectivity index (χ4v) is 5.78. The molecule has 0 fully saturated rings. The van der Waals surface area contributed by atoms with E-state index in [1.165, 1.54) is 50.2 Å². The van der Waals surface area contributed by atoms with E-state index < -0.39 is 37.4 Å². The van der Waals surface area contributed by atoms with Gasteiger partial charge in [-0.2, -0.15) is 31.8 Å². The lowest BCUT2D eigenvalue weighted by molar-refractivity contribution is -0.432. The lowest BCUT2D eigenvalue weighted by Gasteiger charge is -2.14. The zero-order valence-electron chi connectivity index (χ0n) is 23.9. The van der Waals surface area contributed by atoms with Crippen LogP contribution in [-0.4, -0.2) is 55.8 Å². The lowest BCUT2D eigenvalue weighted by Crippen LogP contribution is -2.26. The molecule has 4 aromatic rings. The Balaban J connectivity index is 1.71. The van der Waals surface area contributed by atoms with Crippen molar-refractivity contribution < 1.29 is 45.7 Å². The Kier molecular flexibility index (Phi) is 11.1. The van der Waals surface area contributed by atoms with Crippen LogP contribution in [0.4, 0.5) is 34.6 Å². The highest BCUT2D eigenvalue weighted by molar-refractivity contribution is 7.94. The van der Waals surface area contributed by atoms with Gasteiger partial charge in [-0.15, -0.1) is 14.6 Å². The highest BCUT2D eigenvalue weighted by atomic mass is 35.5. The number of benzene rings is 2. The van der Waals surface area contributed by atoms with Crippen LogP contribution in [0.1, 0.15) is 18.1 Å². The SMILES string of the molecule is CCn1c(O)c(N=Nc2cc(Nc3nc(Cl)nc(Nc4cccc(S(=O)(=O)O)c4)n3)ccc2SOOO)c(C)c(CS(=O)(=O)O)c1=O. The number of rotatable bonds is 13. The molecule has 0 spiro atoms. The van der Waals surface area contributed by atoms with Crippen molar-refractivity contribution in [3.63, 3.8) is 0 Å². The topological polar surface area (TPSA) is 277 Å². The molecule has 47 heavy (non-hydrogen) atoms. The molecule has 0 aliphatic carbocycles. The number of anilines is 4. The molecular weight excluding hydrogens is 708 g/mol. The zero-order valence-corrected chi connectivity index (χ0v) is 27.1. The summed E-state index contributed by atoms with van der Waals surface area (Å²) in [6.07, 6.45) is 0. The first kappa shape index (κ1) is 35.6. The summed E-state index contributed by atoms with van der Waals surface area (Å²) in [5.41, 5.74) is -0.981. The quantitative estimate of drug-likeness (QED) is 0.0358. The summed E-state index contributed by atoms with van der Waals surface area (Å²) < 4.78 is 70.2. The molecule has 4 rings (SSSR count). The molecule has 2 aromatic heterocycles. The van der Waals surface area contributed by atoms with E-state index in [1.54, 1.807) is 0 Å². The van der Waals surface area contributed by atoms with Crippen LogP contribution in [0.2, 0.25) is 5.28 Å². The summed E-state index contributed by atoms with van der Waals surface area (Å²) in [6, 6.07) is 9.55. The van der Waals surface area contributed by atoms with Crippen molar-refractivity contribution in [2.24, 2.45) is 10.2 Å². The summed E-state index contributed by atoms with van der Waals surface area (Å²) >= 11 is 6.58. The second-order valence-corrected chi connectivity index (χ2v) is 13.1. The highest BCUT2D eigenvalue weighted by Crippen LogP contribution is 2.37. The fraction of sp³-hybridized carbons (Fsp3) is 0.167. The van der Waals surface area contributed by atoms with Crippen molar-refractivity contribution >= 4 is 78.5 Å². The number of hydrogen-bond donors (Lipinski definition) is 6. The zero-order chi connectivity index (χ0) is 34.5. The van der Waals surface area contributed by atoms with E-state index in [9.17, 15) is 35.8 Å². The van der Waals surface area contributed by atoms with Gasteiger partial charge in [-0.1, -0.05) is 11.1 Å². The minimum Gasteiger partial charge on any atom is -0.493 e. The van der Waals surface area contributed by atoms with Crippen LogP contribution in [0.3, 0.4) is 0 Å². The molecule has 250 valence electrons. The average molecular weight is 731 g/mol. The van der Waals surface area contributed by atoms with E-state index in [2.05, 4.69) is 45.2 Å². The normalized spacial score (nSPS) is 12.0. The third kappa shape index (κ3) is 9.18. The second kappa shape index (κ2) is 14.7. The first-order chi connectivity index (χ1) is 22.1. The molecule has 0 radical (unpaired) electrons. The van der Waals surface area contributed by atoms with Gasteiger partial charge in [-0.3, -0.25) is 18.5 Å². The molecule has 0 amide bonds. The van der Waals surface area contributed by atoms with E-state index in [-0.39, 0.29) is 67.4 Å². The van der Waals surface area contributed by atoms with Crippen molar-refractivity contribution in [1.82, 2.24) is 19.5 Å². The first-order valence-electron chi connectivity index (χ1n) is 12.7. The molecule has 23 heteroatoms. The molecule has 0 atom stereocenters. The van der Waals surface area contributed by atoms with Gasteiger partial charge in [-0.05, 0) is 67.4 Å². The maximum Gasteiger partial charge on any atom is 0.294 e. The Morgan fingerprint density at radius 2 is 1.66 bits per heavy atom. The van der Waals surface area contributed by atoms with E-state index in [4.69, 9.17) is 16.9 Å². The van der Waals surface area contributed by atoms with E-state index in [1.807, 2.05) is 0 Å². The third-order valence-electron chi connectivity index (χ3n) is 6.04. The maximum absolute atomic E-state index is 12.8. The van der Waals surface area contributed by atoms with E-state index in [0.717, 1.165) is 10.6 Å². The summed E-state index contributed by atoms with van der Waals surface area (Å²) in [6.45, 7) is 2.78. The number of pyridine rings is 1. The predicted octanol–water partition coefficient (Wildman–Crippen LogP) is 4.69. The Hall–Kier alpha value is -4.26. The van der Waals surface area contributed by atoms with Crippen LogP contribution in [-0.2, 0) is 41.9 Å². The van der Waals surface area contributed by atoms with Crippen LogP contribution in [0.25, 0.3) is 0 Å². The number of aromatic hydroxyl groups is 1. The molecule has 0 aliphatic rings. The monoisotopic (exact) mass is 730 g/mol. The van der Waals surface area contributed by atoms with Gasteiger partial charge in [0.05, 0.1) is 21.8 Å². The van der Waals surface area contributed by atoms with Crippen LogP contribution >= 0.6 is 23.6 Å². The standard InChI is InChI=1S/C24H23ClN8O11S3/c1-3-33-20(34)16(11-46(37,38)39)12(2)19(21(33)35)32-31-17-10-14(7-8-18(17)45-44-43-36)27-24-29-22(25)28-23(30-24)26-13-5-4-6-15(9-13)47(40,41)42/h4-10,35-36H,3,11H2,1-2H3,(H,37,38,39)(H,40,41,42)(H2,26,27,28,29,30). The Morgan fingerprint density at radius 1 is 1.00 bits per heavy atom. The maximum atomic E-state index is 12.8. The van der Waals surface area contributed by atoms with Crippen LogP contribution in [0.15, 0.2) is 67.3 Å². The average Bonchev–Trinajstić information content (AvgIpc) is 2.98. The highest BCUT2D eigenvalue weighted by Gasteiger charge is 2.22. The molecular formula is C24H23ClN8O11S3. The molecule has 0 aliphatic heterocycles. The number of hydrogen-bond acceptors (Lipinski definition) is 17. The third-order valence-corrected chi connectivity index (χ3v) is 8.37. The van der Waals surface area contributed by atoms with Gasteiger partial charge in [0.2, 0.25) is 23.1 Å². The number of halogens is 1. The number of azo groups is 1. The van der Waals surface area contributed by atoms with Crippen molar-refractivity contribution in [2.75, 3.05) is 10.6 Å². The number of nitrogens with zero attached hydrogens (tertiary/aromatic N) is 6. The Bertz CT molecular complexity index is 2130. The van der Waals surface area contributed by atoms with Crippen LogP contribution < -0.4 is 16.2 Å². The molecule has 19 nitrogen and oxygen atoms in total. The van der Waals surface area contributed by atoms with Crippen molar-refractivity contribution in [3.8, 4) is 5.88 Å². The molecule has 0 saturated carbocycles. The first-order valence-corrected chi connectivity index (χ1v) is 16.9. The smallest absolute Gasteiger partial charge is 0.294 e. The molecule has 0 saturated heterocycles. The summed E-state index contributed by atoms with van der Waals surface area (Å²) in [5, 5.41) is 36.6. The minimum absolute atomic E-state index is 0.0296. The van der Waals surface area contributed by atoms with Gasteiger partial charge >= 0.3 is 0 Å².